The summed E-state index contributed by atoms with van der Waals surface area (Å²) in [6.07, 6.45) is 3.52. The zero-order valence-corrected chi connectivity index (χ0v) is 6.91. The standard InChI is InChI=1S/C9H12O3/c1-2-9(11)12-6-7-4-3-5-8(7)10/h2,7H,1,3-6H2. The quantitative estimate of drug-likeness (QED) is 0.468. The summed E-state index contributed by atoms with van der Waals surface area (Å²) >= 11 is 0. The summed E-state index contributed by atoms with van der Waals surface area (Å²) in [5, 5.41) is 0. The Morgan fingerprint density at radius 3 is 3.00 bits per heavy atom. The molecular weight excluding hydrogens is 156 g/mol. The largest absolute Gasteiger partial charge is 0.462 e. The van der Waals surface area contributed by atoms with Gasteiger partial charge in [-0.25, -0.2) is 4.79 Å². The fraction of sp³-hybridized carbons (Fsp3) is 0.556. The molecule has 0 bridgehead atoms. The molecular formula is C9H12O3. The number of ether oxygens (including phenoxy) is 1. The van der Waals surface area contributed by atoms with Crippen LogP contribution in [0.4, 0.5) is 0 Å². The lowest BCUT2D eigenvalue weighted by Gasteiger charge is -2.06. The number of carbonyl (C=O) groups is 2. The average Bonchev–Trinajstić information content (AvgIpc) is 2.47. The van der Waals surface area contributed by atoms with Gasteiger partial charge >= 0.3 is 5.97 Å². The second-order valence-electron chi connectivity index (χ2n) is 2.89. The van der Waals surface area contributed by atoms with E-state index < -0.39 is 5.97 Å². The van der Waals surface area contributed by atoms with Crippen LogP contribution >= 0.6 is 0 Å². The van der Waals surface area contributed by atoms with Crippen LogP contribution in [-0.2, 0) is 14.3 Å². The van der Waals surface area contributed by atoms with Gasteiger partial charge in [0.2, 0.25) is 0 Å². The van der Waals surface area contributed by atoms with Crippen molar-refractivity contribution in [3.8, 4) is 0 Å². The molecule has 0 aromatic rings. The predicted octanol–water partition coefficient (Wildman–Crippen LogP) is 1.08. The van der Waals surface area contributed by atoms with Gasteiger partial charge in [-0.1, -0.05) is 6.58 Å². The monoisotopic (exact) mass is 168 g/mol. The lowest BCUT2D eigenvalue weighted by atomic mass is 10.1. The number of ketones is 1. The third-order valence-corrected chi connectivity index (χ3v) is 2.02. The summed E-state index contributed by atoms with van der Waals surface area (Å²) < 4.78 is 4.77. The second-order valence-corrected chi connectivity index (χ2v) is 2.89. The molecule has 12 heavy (non-hydrogen) atoms. The molecule has 1 aliphatic carbocycles. The maximum absolute atomic E-state index is 11.1. The number of Topliss-reactive ketones (excluding diaryl/α,β-unsaturated/α-hetero) is 1. The third kappa shape index (κ3) is 2.19. The molecule has 1 rings (SSSR count). The Bertz CT molecular complexity index is 208. The summed E-state index contributed by atoms with van der Waals surface area (Å²) in [6.45, 7) is 3.49. The van der Waals surface area contributed by atoms with E-state index >= 15 is 0 Å². The Morgan fingerprint density at radius 2 is 2.50 bits per heavy atom. The summed E-state index contributed by atoms with van der Waals surface area (Å²) in [7, 11) is 0. The first-order valence-corrected chi connectivity index (χ1v) is 4.06. The number of carbonyl (C=O) groups excluding carboxylic acids is 2. The molecule has 0 aromatic heterocycles. The molecule has 0 amide bonds. The normalized spacial score (nSPS) is 22.3. The first-order valence-electron chi connectivity index (χ1n) is 4.06. The van der Waals surface area contributed by atoms with Crippen molar-refractivity contribution < 1.29 is 14.3 Å². The lowest BCUT2D eigenvalue weighted by molar-refractivity contribution is -0.140. The summed E-state index contributed by atoms with van der Waals surface area (Å²) in [5.74, 6) is -0.296. The van der Waals surface area contributed by atoms with Gasteiger partial charge in [-0.05, 0) is 12.8 Å². The van der Waals surface area contributed by atoms with E-state index in [1.807, 2.05) is 0 Å². The topological polar surface area (TPSA) is 43.4 Å². The van der Waals surface area contributed by atoms with Crippen LogP contribution in [0.5, 0.6) is 0 Å². The van der Waals surface area contributed by atoms with Crippen LogP contribution in [0.2, 0.25) is 0 Å². The van der Waals surface area contributed by atoms with E-state index in [9.17, 15) is 9.59 Å². The molecule has 1 fully saturated rings. The highest BCUT2D eigenvalue weighted by atomic mass is 16.5. The van der Waals surface area contributed by atoms with E-state index in [-0.39, 0.29) is 18.3 Å². The Kier molecular flexibility index (Phi) is 3.02. The zero-order chi connectivity index (χ0) is 8.97. The number of esters is 1. The van der Waals surface area contributed by atoms with Crippen LogP contribution in [0.3, 0.4) is 0 Å². The highest BCUT2D eigenvalue weighted by Gasteiger charge is 2.25. The highest BCUT2D eigenvalue weighted by Crippen LogP contribution is 2.21. The van der Waals surface area contributed by atoms with Gasteiger partial charge in [-0.2, -0.15) is 0 Å². The molecule has 0 N–H and O–H groups in total. The van der Waals surface area contributed by atoms with Crippen LogP contribution in [0.25, 0.3) is 0 Å². The van der Waals surface area contributed by atoms with Crippen molar-refractivity contribution in [2.45, 2.75) is 19.3 Å². The SMILES string of the molecule is C=CC(=O)OCC1CCCC1=O. The van der Waals surface area contributed by atoms with Gasteiger partial charge in [0.1, 0.15) is 12.4 Å². The third-order valence-electron chi connectivity index (χ3n) is 2.02. The Balaban J connectivity index is 2.27. The summed E-state index contributed by atoms with van der Waals surface area (Å²) in [4.78, 5) is 21.7. The van der Waals surface area contributed by atoms with Crippen LogP contribution in [-0.4, -0.2) is 18.4 Å². The van der Waals surface area contributed by atoms with Gasteiger partial charge in [-0.3, -0.25) is 4.79 Å². The van der Waals surface area contributed by atoms with Gasteiger partial charge in [0.05, 0.1) is 5.92 Å². The van der Waals surface area contributed by atoms with Crippen molar-refractivity contribution in [1.29, 1.82) is 0 Å². The van der Waals surface area contributed by atoms with Gasteiger partial charge in [0, 0.05) is 12.5 Å². The van der Waals surface area contributed by atoms with Crippen LogP contribution < -0.4 is 0 Å². The molecule has 3 heteroatoms. The molecule has 0 aromatic carbocycles. The van der Waals surface area contributed by atoms with E-state index in [0.717, 1.165) is 18.9 Å². The van der Waals surface area contributed by atoms with E-state index in [1.165, 1.54) is 0 Å². The van der Waals surface area contributed by atoms with Crippen molar-refractivity contribution in [1.82, 2.24) is 0 Å². The summed E-state index contributed by atoms with van der Waals surface area (Å²) in [5.41, 5.74) is 0. The maximum atomic E-state index is 11.1. The van der Waals surface area contributed by atoms with Gasteiger partial charge in [0.25, 0.3) is 0 Å². The van der Waals surface area contributed by atoms with E-state index in [1.54, 1.807) is 0 Å². The highest BCUT2D eigenvalue weighted by molar-refractivity contribution is 5.84. The van der Waals surface area contributed by atoms with Crippen molar-refractivity contribution in [3.63, 3.8) is 0 Å². The van der Waals surface area contributed by atoms with E-state index in [2.05, 4.69) is 6.58 Å². The Morgan fingerprint density at radius 1 is 1.75 bits per heavy atom. The first kappa shape index (κ1) is 8.97. The molecule has 1 saturated carbocycles. The predicted molar refractivity (Wildman–Crippen MR) is 43.5 cm³/mol. The summed E-state index contributed by atoms with van der Waals surface area (Å²) in [6, 6.07) is 0. The van der Waals surface area contributed by atoms with Gasteiger partial charge in [0.15, 0.2) is 0 Å². The Hall–Kier alpha value is -1.12. The van der Waals surface area contributed by atoms with Crippen molar-refractivity contribution in [2.75, 3.05) is 6.61 Å². The van der Waals surface area contributed by atoms with E-state index in [4.69, 9.17) is 4.74 Å². The van der Waals surface area contributed by atoms with Crippen molar-refractivity contribution >= 4 is 11.8 Å². The molecule has 0 aliphatic heterocycles. The average molecular weight is 168 g/mol. The van der Waals surface area contributed by atoms with Crippen LogP contribution in [0, 0.1) is 5.92 Å². The minimum Gasteiger partial charge on any atom is -0.462 e. The van der Waals surface area contributed by atoms with Crippen molar-refractivity contribution in [3.05, 3.63) is 12.7 Å². The molecule has 0 radical (unpaired) electrons. The number of hydrogen-bond acceptors (Lipinski definition) is 3. The molecule has 3 nitrogen and oxygen atoms in total. The maximum Gasteiger partial charge on any atom is 0.330 e. The van der Waals surface area contributed by atoms with Crippen molar-refractivity contribution in [2.24, 2.45) is 5.92 Å². The molecule has 0 saturated heterocycles. The smallest absolute Gasteiger partial charge is 0.330 e. The minimum absolute atomic E-state index is 0.0612. The van der Waals surface area contributed by atoms with Gasteiger partial charge in [-0.15, -0.1) is 0 Å². The van der Waals surface area contributed by atoms with Crippen LogP contribution in [0.15, 0.2) is 12.7 Å². The second kappa shape index (κ2) is 4.04. The molecule has 1 unspecified atom stereocenters. The molecule has 1 aliphatic rings. The molecule has 66 valence electrons. The van der Waals surface area contributed by atoms with E-state index in [0.29, 0.717) is 6.42 Å². The minimum atomic E-state index is -0.449. The molecule has 0 heterocycles. The number of rotatable bonds is 3. The fourth-order valence-corrected chi connectivity index (χ4v) is 1.31. The van der Waals surface area contributed by atoms with Gasteiger partial charge < -0.3 is 4.74 Å². The first-order chi connectivity index (χ1) is 5.74. The van der Waals surface area contributed by atoms with Crippen LogP contribution in [0.1, 0.15) is 19.3 Å². The number of hydrogen-bond donors (Lipinski definition) is 0. The zero-order valence-electron chi connectivity index (χ0n) is 6.91. The Labute approximate surface area is 71.4 Å². The molecule has 0 spiro atoms. The fourth-order valence-electron chi connectivity index (χ4n) is 1.31. The molecule has 1 atom stereocenters. The lowest BCUT2D eigenvalue weighted by Crippen LogP contribution is -2.16.